The maximum absolute atomic E-state index is 12.3. The highest BCUT2D eigenvalue weighted by atomic mass is 35.5. The third kappa shape index (κ3) is 8.23. The van der Waals surface area contributed by atoms with Gasteiger partial charge in [-0.05, 0) is 49.6 Å². The van der Waals surface area contributed by atoms with Crippen molar-refractivity contribution < 1.29 is 14.3 Å². The molecule has 1 aromatic heterocycles. The zero-order valence-electron chi connectivity index (χ0n) is 21.9. The first-order chi connectivity index (χ1) is 17.6. The smallest absolute Gasteiger partial charge is 0.410 e. The van der Waals surface area contributed by atoms with Crippen molar-refractivity contribution in [1.82, 2.24) is 14.8 Å². The lowest BCUT2D eigenvalue weighted by Gasteiger charge is -2.34. The van der Waals surface area contributed by atoms with Crippen molar-refractivity contribution in [2.45, 2.75) is 39.2 Å². The molecule has 1 N–H and O–H groups in total. The average molecular weight is 527 g/mol. The minimum atomic E-state index is -0.208. The number of fused-ring (bicyclic) bond motifs is 1. The summed E-state index contributed by atoms with van der Waals surface area (Å²) in [6, 6.07) is 15.9. The number of halogens is 1. The molecule has 0 saturated carbocycles. The first-order valence-electron chi connectivity index (χ1n) is 13.0. The van der Waals surface area contributed by atoms with Gasteiger partial charge in [0.25, 0.3) is 0 Å². The molecule has 0 radical (unpaired) electrons. The fourth-order valence-corrected chi connectivity index (χ4v) is 4.62. The highest BCUT2D eigenvalue weighted by Crippen LogP contribution is 2.29. The van der Waals surface area contributed by atoms with Gasteiger partial charge in [-0.1, -0.05) is 43.2 Å². The molecule has 2 aromatic carbocycles. The molecule has 1 aliphatic heterocycles. The molecule has 8 heteroatoms. The molecule has 37 heavy (non-hydrogen) atoms. The molecule has 200 valence electrons. The number of anilines is 1. The highest BCUT2D eigenvalue weighted by molar-refractivity contribution is 5.93. The molecule has 0 bridgehead atoms. The van der Waals surface area contributed by atoms with E-state index in [-0.39, 0.29) is 18.5 Å². The summed E-state index contributed by atoms with van der Waals surface area (Å²) in [6.45, 7) is 7.74. The molecular weight excluding hydrogens is 488 g/mol. The Morgan fingerprint density at radius 1 is 1.00 bits per heavy atom. The van der Waals surface area contributed by atoms with E-state index in [2.05, 4.69) is 28.2 Å². The lowest BCUT2D eigenvalue weighted by Crippen LogP contribution is -2.48. The lowest BCUT2D eigenvalue weighted by atomic mass is 10.1. The van der Waals surface area contributed by atoms with Gasteiger partial charge in [-0.3, -0.25) is 9.88 Å². The van der Waals surface area contributed by atoms with Crippen molar-refractivity contribution in [2.24, 2.45) is 0 Å². The number of unbranched alkanes of at least 4 members (excludes halogenated alkanes) is 3. The molecule has 0 spiro atoms. The summed E-state index contributed by atoms with van der Waals surface area (Å²) >= 11 is 0. The quantitative estimate of drug-likeness (QED) is 0.314. The molecule has 4 rings (SSSR count). The van der Waals surface area contributed by atoms with E-state index in [0.29, 0.717) is 6.61 Å². The predicted octanol–water partition coefficient (Wildman–Crippen LogP) is 5.90. The Kier molecular flexibility index (Phi) is 11.3. The van der Waals surface area contributed by atoms with Gasteiger partial charge in [0.2, 0.25) is 0 Å². The van der Waals surface area contributed by atoms with E-state index in [1.165, 1.54) is 24.8 Å². The Labute approximate surface area is 226 Å². The summed E-state index contributed by atoms with van der Waals surface area (Å²) in [7, 11) is 1.70. The minimum absolute atomic E-state index is 0. The highest BCUT2D eigenvalue weighted by Gasteiger charge is 2.21. The zero-order chi connectivity index (χ0) is 25.2. The van der Waals surface area contributed by atoms with Crippen LogP contribution in [0.25, 0.3) is 10.9 Å². The monoisotopic (exact) mass is 526 g/mol. The summed E-state index contributed by atoms with van der Waals surface area (Å²) in [5.41, 5.74) is 4.25. The van der Waals surface area contributed by atoms with Crippen LogP contribution >= 0.6 is 12.4 Å². The third-order valence-electron chi connectivity index (χ3n) is 6.82. The minimum Gasteiger partial charge on any atom is -0.497 e. The number of aryl methyl sites for hydroxylation is 1. The second-order valence-electron chi connectivity index (χ2n) is 9.41. The number of ether oxygens (including phenoxy) is 2. The number of carbonyl (C=O) groups is 1. The molecule has 1 saturated heterocycles. The molecule has 0 atom stereocenters. The standard InChI is InChI=1S/C29H38N4O3.ClH/c1-23-12-14-31-28-26(23)20-25(35-2)21-27(28)30-13-8-3-4-9-15-32-16-18-33(19-17-32)29(34)36-22-24-10-6-5-7-11-24;/h5-7,10-12,14,20-21,30H,3-4,8-9,13,15-19,22H2,1-2H3;1H. The summed E-state index contributed by atoms with van der Waals surface area (Å²) < 4.78 is 10.9. The van der Waals surface area contributed by atoms with Gasteiger partial charge in [0.1, 0.15) is 12.4 Å². The molecule has 0 unspecified atom stereocenters. The van der Waals surface area contributed by atoms with E-state index in [9.17, 15) is 4.79 Å². The molecule has 3 aromatic rings. The molecule has 1 amide bonds. The van der Waals surface area contributed by atoms with Crippen molar-refractivity contribution in [3.63, 3.8) is 0 Å². The van der Waals surface area contributed by atoms with Crippen molar-refractivity contribution in [3.8, 4) is 5.75 Å². The largest absolute Gasteiger partial charge is 0.497 e. The van der Waals surface area contributed by atoms with E-state index in [4.69, 9.17) is 9.47 Å². The van der Waals surface area contributed by atoms with Crippen molar-refractivity contribution in [1.29, 1.82) is 0 Å². The van der Waals surface area contributed by atoms with Crippen molar-refractivity contribution >= 4 is 35.1 Å². The van der Waals surface area contributed by atoms with E-state index in [1.54, 1.807) is 7.11 Å². The fourth-order valence-electron chi connectivity index (χ4n) is 4.62. The number of hydrogen-bond donors (Lipinski definition) is 1. The fraction of sp³-hybridized carbons (Fsp3) is 0.448. The molecule has 0 aliphatic carbocycles. The summed E-state index contributed by atoms with van der Waals surface area (Å²) in [6.07, 6.45) is 6.35. The molecule has 1 aliphatic rings. The Morgan fingerprint density at radius 2 is 1.76 bits per heavy atom. The van der Waals surface area contributed by atoms with E-state index in [0.717, 1.165) is 73.6 Å². The number of amides is 1. The number of methoxy groups -OCH3 is 1. The number of benzene rings is 2. The van der Waals surface area contributed by atoms with Gasteiger partial charge in [-0.25, -0.2) is 4.79 Å². The number of aromatic nitrogens is 1. The first-order valence-corrected chi connectivity index (χ1v) is 13.0. The number of hydrogen-bond acceptors (Lipinski definition) is 6. The second kappa shape index (κ2) is 14.6. The van der Waals surface area contributed by atoms with Crippen LogP contribution < -0.4 is 10.1 Å². The summed E-state index contributed by atoms with van der Waals surface area (Å²) in [5.74, 6) is 0.852. The van der Waals surface area contributed by atoms with Crippen LogP contribution in [0.15, 0.2) is 54.7 Å². The molecule has 1 fully saturated rings. The van der Waals surface area contributed by atoms with E-state index >= 15 is 0 Å². The predicted molar refractivity (Wildman–Crippen MR) is 152 cm³/mol. The molecule has 2 heterocycles. The normalized spacial score (nSPS) is 13.7. The molecule has 7 nitrogen and oxygen atoms in total. The number of rotatable bonds is 11. The number of piperazine rings is 1. The SMILES string of the molecule is COc1cc(NCCCCCCN2CCN(C(=O)OCc3ccccc3)CC2)c2nccc(C)c2c1.Cl. The average Bonchev–Trinajstić information content (AvgIpc) is 2.92. The van der Waals surface area contributed by atoms with Crippen LogP contribution in [-0.4, -0.2) is 67.3 Å². The van der Waals surface area contributed by atoms with Gasteiger partial charge in [-0.2, -0.15) is 0 Å². The van der Waals surface area contributed by atoms with Crippen molar-refractivity contribution in [3.05, 3.63) is 65.9 Å². The number of carbonyl (C=O) groups excluding carboxylic acids is 1. The Bertz CT molecular complexity index is 1120. The Morgan fingerprint density at radius 3 is 2.51 bits per heavy atom. The topological polar surface area (TPSA) is 66.9 Å². The second-order valence-corrected chi connectivity index (χ2v) is 9.41. The van der Waals surface area contributed by atoms with Gasteiger partial charge in [0, 0.05) is 50.4 Å². The van der Waals surface area contributed by atoms with Gasteiger partial charge in [-0.15, -0.1) is 12.4 Å². The van der Waals surface area contributed by atoms with E-state index in [1.807, 2.05) is 53.6 Å². The van der Waals surface area contributed by atoms with Crippen molar-refractivity contribution in [2.75, 3.05) is 51.7 Å². The van der Waals surface area contributed by atoms with Gasteiger partial charge in [0.15, 0.2) is 0 Å². The summed E-state index contributed by atoms with van der Waals surface area (Å²) in [4.78, 5) is 21.2. The Balaban J connectivity index is 0.00000380. The van der Waals surface area contributed by atoms with Crippen LogP contribution in [0.5, 0.6) is 5.75 Å². The van der Waals surface area contributed by atoms with Gasteiger partial charge >= 0.3 is 6.09 Å². The Hall–Kier alpha value is -3.03. The number of nitrogens with zero attached hydrogens (tertiary/aromatic N) is 3. The van der Waals surface area contributed by atoms with Crippen LogP contribution in [0, 0.1) is 6.92 Å². The van der Waals surface area contributed by atoms with Crippen LogP contribution in [0.4, 0.5) is 10.5 Å². The number of pyridine rings is 1. The zero-order valence-corrected chi connectivity index (χ0v) is 22.8. The lowest BCUT2D eigenvalue weighted by molar-refractivity contribution is 0.0713. The van der Waals surface area contributed by atoms with Crippen LogP contribution in [0.2, 0.25) is 0 Å². The maximum Gasteiger partial charge on any atom is 0.410 e. The number of nitrogens with one attached hydrogen (secondary N) is 1. The van der Waals surface area contributed by atoms with Crippen LogP contribution in [-0.2, 0) is 11.3 Å². The first kappa shape index (κ1) is 28.5. The van der Waals surface area contributed by atoms with Crippen LogP contribution in [0.3, 0.4) is 0 Å². The third-order valence-corrected chi connectivity index (χ3v) is 6.82. The molecular formula is C29H39ClN4O3. The van der Waals surface area contributed by atoms with Gasteiger partial charge < -0.3 is 19.7 Å². The van der Waals surface area contributed by atoms with Crippen LogP contribution in [0.1, 0.15) is 36.8 Å². The van der Waals surface area contributed by atoms with Gasteiger partial charge in [0.05, 0.1) is 18.3 Å². The summed E-state index contributed by atoms with van der Waals surface area (Å²) in [5, 5.41) is 4.69. The van der Waals surface area contributed by atoms with E-state index < -0.39 is 0 Å². The maximum atomic E-state index is 12.3.